The molecule has 0 rings (SSSR count). The van der Waals surface area contributed by atoms with Gasteiger partial charge in [0, 0.05) is 0 Å². The Labute approximate surface area is 73.6 Å². The van der Waals surface area contributed by atoms with E-state index in [4.69, 9.17) is 0 Å². The molecule has 0 aliphatic heterocycles. The minimum absolute atomic E-state index is 0.453. The highest BCUT2D eigenvalue weighted by Gasteiger charge is 1.99. The SMILES string of the molecule is PPPPP(PP)PP. The molecular formula is H11P9. The molecule has 9 heavy (non-hydrogen) atoms. The fourth-order valence-corrected chi connectivity index (χ4v) is 46.2. The van der Waals surface area contributed by atoms with Gasteiger partial charge in [-0.05, 0) is 6.99 Å². The van der Waals surface area contributed by atoms with Crippen molar-refractivity contribution < 1.29 is 0 Å². The predicted molar refractivity (Wildman–Crippen MR) is 77.6 cm³/mol. The van der Waals surface area contributed by atoms with E-state index in [0.29, 0.717) is 6.99 Å². The Morgan fingerprint density at radius 1 is 1.00 bits per heavy atom. The molecule has 8 atom stereocenters. The first-order valence-corrected chi connectivity index (χ1v) is 18.3. The van der Waals surface area contributed by atoms with E-state index in [9.17, 15) is 0 Å². The minimum Gasteiger partial charge on any atom is -0.110 e. The molecule has 9 heteroatoms. The van der Waals surface area contributed by atoms with Crippen LogP contribution in [0, 0.1) is 0 Å². The zero-order valence-corrected chi connectivity index (χ0v) is 14.0. The fourth-order valence-electron chi connectivity index (χ4n) is 0.190. The van der Waals surface area contributed by atoms with Crippen molar-refractivity contribution in [3.63, 3.8) is 0 Å². The zero-order valence-electron chi connectivity index (χ0n) is 4.68. The standard InChI is InChI=1S/H11P9/c1-4-7-8-9(5-2)6-3/h4-8H,1-3H2. The molecule has 0 bridgehead atoms. The van der Waals surface area contributed by atoms with Gasteiger partial charge in [-0.2, -0.15) is 0 Å². The van der Waals surface area contributed by atoms with Crippen LogP contribution in [0.25, 0.3) is 0 Å². The normalized spacial score (nSPS) is 20.3. The van der Waals surface area contributed by atoms with E-state index in [1.54, 1.807) is 0 Å². The van der Waals surface area contributed by atoms with E-state index in [-0.39, 0.29) is 0 Å². The first-order chi connectivity index (χ1) is 4.35. The summed E-state index contributed by atoms with van der Waals surface area (Å²) in [7, 11) is 14.6. The van der Waals surface area contributed by atoms with Crippen molar-refractivity contribution in [3.8, 4) is 0 Å². The molecule has 0 aliphatic rings. The molecule has 0 fully saturated rings. The topological polar surface area (TPSA) is 0 Å². The van der Waals surface area contributed by atoms with Gasteiger partial charge >= 0.3 is 0 Å². The molecule has 8 unspecified atom stereocenters. The van der Waals surface area contributed by atoms with E-state index in [2.05, 4.69) is 26.8 Å². The Hall–Kier alpha value is 3.87. The van der Waals surface area contributed by atoms with Crippen molar-refractivity contribution in [1.29, 1.82) is 0 Å². The van der Waals surface area contributed by atoms with Crippen molar-refractivity contribution in [2.75, 3.05) is 0 Å². The summed E-state index contributed by atoms with van der Waals surface area (Å²) in [4.78, 5) is 0. The second kappa shape index (κ2) is 9.95. The summed E-state index contributed by atoms with van der Waals surface area (Å²) in [6, 6.07) is 0. The maximum absolute atomic E-state index is 2.89. The van der Waals surface area contributed by atoms with E-state index in [1.165, 1.54) is 15.9 Å². The molecule has 0 amide bonds. The average molecular weight is 290 g/mol. The molecule has 0 spiro atoms. The Morgan fingerprint density at radius 3 is 1.89 bits per heavy atom. The number of hydrogen-bond donors (Lipinski definition) is 0. The monoisotopic (exact) mass is 290 g/mol. The largest absolute Gasteiger partial charge is 0.110 e. The molecule has 0 saturated carbocycles. The predicted octanol–water partition coefficient (Wildman–Crippen LogP) is 4.81. The van der Waals surface area contributed by atoms with Gasteiger partial charge in [0.25, 0.3) is 0 Å². The lowest BCUT2D eigenvalue weighted by atomic mass is 28.9. The van der Waals surface area contributed by atoms with Crippen LogP contribution in [-0.4, -0.2) is 0 Å². The third-order valence-electron chi connectivity index (χ3n) is 0.498. The van der Waals surface area contributed by atoms with Crippen LogP contribution in [0.2, 0.25) is 0 Å². The molecule has 0 radical (unpaired) electrons. The summed E-state index contributed by atoms with van der Waals surface area (Å²) in [5.74, 6) is 0. The molecule has 0 heterocycles. The maximum atomic E-state index is 2.89. The van der Waals surface area contributed by atoms with Gasteiger partial charge in [0.1, 0.15) is 0 Å². The highest BCUT2D eigenvalue weighted by atomic mass is 33.0. The third-order valence-corrected chi connectivity index (χ3v) is 40.3. The lowest BCUT2D eigenvalue weighted by Gasteiger charge is -2.10. The molecule has 56 valence electrons. The lowest BCUT2D eigenvalue weighted by Crippen LogP contribution is -1.18. The van der Waals surface area contributed by atoms with Crippen LogP contribution < -0.4 is 0 Å². The summed E-state index contributed by atoms with van der Waals surface area (Å²) in [5.41, 5.74) is 0. The first-order valence-electron chi connectivity index (χ1n) is 2.04. The highest BCUT2D eigenvalue weighted by Crippen LogP contribution is 2.91. The van der Waals surface area contributed by atoms with Crippen LogP contribution in [0.3, 0.4) is 0 Å². The molecule has 0 aliphatic carbocycles. The van der Waals surface area contributed by atoms with Gasteiger partial charge in [0.2, 0.25) is 0 Å². The Balaban J connectivity index is 3.09. The van der Waals surface area contributed by atoms with Gasteiger partial charge in [-0.3, -0.25) is 0 Å². The van der Waals surface area contributed by atoms with Crippen LogP contribution in [0.1, 0.15) is 0 Å². The first kappa shape index (κ1) is 12.9. The van der Waals surface area contributed by atoms with Gasteiger partial charge < -0.3 is 0 Å². The second-order valence-electron chi connectivity index (χ2n) is 0.975. The third kappa shape index (κ3) is 8.21. The average Bonchev–Trinajstić information content (AvgIpc) is 1.91. The van der Waals surface area contributed by atoms with Gasteiger partial charge in [-0.15, -0.1) is 26.8 Å². The van der Waals surface area contributed by atoms with E-state index < -0.39 is 0 Å². The molecule has 0 saturated heterocycles. The highest BCUT2D eigenvalue weighted by molar-refractivity contribution is 8.97. The summed E-state index contributed by atoms with van der Waals surface area (Å²) >= 11 is 0. The van der Waals surface area contributed by atoms with Crippen molar-refractivity contribution in [3.05, 3.63) is 0 Å². The van der Waals surface area contributed by atoms with Crippen LogP contribution >= 0.6 is 73.6 Å². The maximum Gasteiger partial charge on any atom is -0.0280 e. The van der Waals surface area contributed by atoms with Crippen molar-refractivity contribution in [2.24, 2.45) is 0 Å². The van der Waals surface area contributed by atoms with E-state index >= 15 is 0 Å². The molecular weight excluding hydrogens is 279 g/mol. The lowest BCUT2D eigenvalue weighted by molar-refractivity contribution is 4.88. The molecule has 0 aromatic carbocycles. The molecule has 0 nitrogen and oxygen atoms in total. The number of rotatable bonds is 5. The van der Waals surface area contributed by atoms with Gasteiger partial charge in [0.15, 0.2) is 0 Å². The van der Waals surface area contributed by atoms with Crippen molar-refractivity contribution >= 4 is 73.6 Å². The van der Waals surface area contributed by atoms with Gasteiger partial charge in [-0.25, -0.2) is 0 Å². The smallest absolute Gasteiger partial charge is 0.0280 e. The Kier molecular flexibility index (Phi) is 14.2. The zero-order chi connectivity index (χ0) is 7.11. The number of hydrogen-bond acceptors (Lipinski definition) is 0. The summed E-state index contributed by atoms with van der Waals surface area (Å²) < 4.78 is 0. The quantitative estimate of drug-likeness (QED) is 0.637. The van der Waals surface area contributed by atoms with Crippen LogP contribution in [0.15, 0.2) is 0 Å². The van der Waals surface area contributed by atoms with Crippen molar-refractivity contribution in [2.45, 2.75) is 0 Å². The molecule has 0 aromatic rings. The van der Waals surface area contributed by atoms with Crippen LogP contribution in [0.4, 0.5) is 0 Å². The minimum atomic E-state index is 0.453. The van der Waals surface area contributed by atoms with Gasteiger partial charge in [0.05, 0.1) is 0 Å². The van der Waals surface area contributed by atoms with Crippen LogP contribution in [0.5, 0.6) is 0 Å². The fraction of sp³-hybridized carbons (Fsp3) is 0. The Bertz CT molecular complexity index is 44.0. The van der Waals surface area contributed by atoms with E-state index in [1.807, 2.05) is 0 Å². The summed E-state index contributed by atoms with van der Waals surface area (Å²) in [5, 5.41) is 0. The summed E-state index contributed by atoms with van der Waals surface area (Å²) in [6.07, 6.45) is 0. The molecule has 0 N–H and O–H groups in total. The van der Waals surface area contributed by atoms with Crippen molar-refractivity contribution in [1.82, 2.24) is 0 Å². The van der Waals surface area contributed by atoms with Crippen LogP contribution in [-0.2, 0) is 0 Å². The Morgan fingerprint density at radius 2 is 1.56 bits per heavy atom. The summed E-state index contributed by atoms with van der Waals surface area (Å²) in [6.45, 7) is 0.453. The van der Waals surface area contributed by atoms with Gasteiger partial charge in [-0.1, -0.05) is 39.8 Å². The van der Waals surface area contributed by atoms with E-state index in [0.717, 1.165) is 23.9 Å². The molecule has 0 aromatic heterocycles. The second-order valence-corrected chi connectivity index (χ2v) is 26.3.